The zero-order chi connectivity index (χ0) is 15.4. The predicted molar refractivity (Wildman–Crippen MR) is 84.8 cm³/mol. The first-order valence-electron chi connectivity index (χ1n) is 6.78. The molecule has 1 aromatic heterocycles. The molecule has 1 atom stereocenters. The van der Waals surface area contributed by atoms with Gasteiger partial charge in [0.2, 0.25) is 0 Å². The number of benzene rings is 1. The summed E-state index contributed by atoms with van der Waals surface area (Å²) in [4.78, 5) is 13.4. The number of aliphatic hydroxyl groups excluding tert-OH is 1. The maximum atomic E-state index is 11.2. The molecule has 0 aliphatic carbocycles. The zero-order valence-corrected chi connectivity index (χ0v) is 12.8. The average molecular weight is 306 g/mol. The Morgan fingerprint density at radius 1 is 1.38 bits per heavy atom. The fraction of sp³-hybridized carbons (Fsp3) is 0.333. The number of nitro groups is 1. The van der Waals surface area contributed by atoms with Crippen LogP contribution in [0.2, 0.25) is 0 Å². The molecule has 5 nitrogen and oxygen atoms in total. The molecule has 21 heavy (non-hydrogen) atoms. The first-order valence-corrected chi connectivity index (χ1v) is 7.59. The van der Waals surface area contributed by atoms with Gasteiger partial charge in [0.05, 0.1) is 11.0 Å². The molecule has 2 rings (SSSR count). The Morgan fingerprint density at radius 3 is 2.57 bits per heavy atom. The Hall–Kier alpha value is -1.92. The van der Waals surface area contributed by atoms with E-state index in [2.05, 4.69) is 0 Å². The van der Waals surface area contributed by atoms with Crippen molar-refractivity contribution in [3.05, 3.63) is 57.0 Å². The highest BCUT2D eigenvalue weighted by molar-refractivity contribution is 7.16. The van der Waals surface area contributed by atoms with Crippen molar-refractivity contribution in [3.8, 4) is 0 Å². The van der Waals surface area contributed by atoms with Crippen LogP contribution in [0.1, 0.15) is 30.4 Å². The fourth-order valence-electron chi connectivity index (χ4n) is 2.08. The van der Waals surface area contributed by atoms with E-state index in [-0.39, 0.29) is 10.6 Å². The van der Waals surface area contributed by atoms with Crippen LogP contribution in [0.4, 0.5) is 10.7 Å². The third kappa shape index (κ3) is 3.59. The third-order valence-corrected chi connectivity index (χ3v) is 4.56. The van der Waals surface area contributed by atoms with Gasteiger partial charge in [0.1, 0.15) is 0 Å². The quantitative estimate of drug-likeness (QED) is 0.652. The molecule has 0 bridgehead atoms. The predicted octanol–water partition coefficient (Wildman–Crippen LogP) is 3.74. The van der Waals surface area contributed by atoms with Crippen LogP contribution in [-0.4, -0.2) is 16.6 Å². The number of thiophene rings is 1. The van der Waals surface area contributed by atoms with Crippen LogP contribution >= 0.6 is 11.3 Å². The molecule has 0 radical (unpaired) electrons. The summed E-state index contributed by atoms with van der Waals surface area (Å²) in [7, 11) is 0. The zero-order valence-electron chi connectivity index (χ0n) is 12.0. The molecule has 0 unspecified atom stereocenters. The number of hydrogen-bond acceptors (Lipinski definition) is 5. The second-order valence-electron chi connectivity index (χ2n) is 4.77. The van der Waals surface area contributed by atoms with Crippen LogP contribution < -0.4 is 4.90 Å². The number of rotatable bonds is 6. The van der Waals surface area contributed by atoms with Crippen molar-refractivity contribution in [3.63, 3.8) is 0 Å². The first-order chi connectivity index (χ1) is 10.0. The lowest BCUT2D eigenvalue weighted by molar-refractivity contribution is -0.383. The van der Waals surface area contributed by atoms with Gasteiger partial charge in [-0.1, -0.05) is 30.3 Å². The van der Waals surface area contributed by atoms with Crippen molar-refractivity contribution < 1.29 is 10.0 Å². The van der Waals surface area contributed by atoms with Crippen molar-refractivity contribution in [2.24, 2.45) is 0 Å². The fourth-order valence-corrected chi connectivity index (χ4v) is 3.21. The average Bonchev–Trinajstić information content (AvgIpc) is 2.91. The van der Waals surface area contributed by atoms with Crippen molar-refractivity contribution in [1.29, 1.82) is 0 Å². The molecular formula is C15H18N2O3S. The summed E-state index contributed by atoms with van der Waals surface area (Å²) >= 11 is 1.28. The third-order valence-electron chi connectivity index (χ3n) is 3.21. The molecule has 1 N–H and O–H groups in total. The lowest BCUT2D eigenvalue weighted by atomic mass is 10.2. The first kappa shape index (κ1) is 15.5. The second kappa shape index (κ2) is 6.69. The summed E-state index contributed by atoms with van der Waals surface area (Å²) in [6, 6.07) is 11.3. The maximum absolute atomic E-state index is 11.2. The van der Waals surface area contributed by atoms with E-state index < -0.39 is 6.10 Å². The van der Waals surface area contributed by atoms with E-state index in [9.17, 15) is 15.2 Å². The second-order valence-corrected chi connectivity index (χ2v) is 5.83. The highest BCUT2D eigenvalue weighted by atomic mass is 32.1. The lowest BCUT2D eigenvalue weighted by Crippen LogP contribution is -2.21. The van der Waals surface area contributed by atoms with Crippen molar-refractivity contribution >= 4 is 22.0 Å². The summed E-state index contributed by atoms with van der Waals surface area (Å²) < 4.78 is 0. The van der Waals surface area contributed by atoms with E-state index in [0.29, 0.717) is 23.0 Å². The van der Waals surface area contributed by atoms with Gasteiger partial charge in [-0.15, -0.1) is 11.3 Å². The Balaban J connectivity index is 2.35. The van der Waals surface area contributed by atoms with Gasteiger partial charge in [-0.2, -0.15) is 0 Å². The van der Waals surface area contributed by atoms with Crippen LogP contribution in [-0.2, 0) is 6.54 Å². The van der Waals surface area contributed by atoms with Gasteiger partial charge < -0.3 is 10.0 Å². The Bertz CT molecular complexity index is 611. The largest absolute Gasteiger partial charge is 0.388 e. The van der Waals surface area contributed by atoms with Gasteiger partial charge in [0.25, 0.3) is 0 Å². The highest BCUT2D eigenvalue weighted by Crippen LogP contribution is 2.40. The Kier molecular flexibility index (Phi) is 4.93. The van der Waals surface area contributed by atoms with Gasteiger partial charge in [0.15, 0.2) is 5.00 Å². The molecule has 6 heteroatoms. The standard InChI is InChI=1S/C15H18N2O3S/c1-3-16(10-12-7-5-4-6-8-12)15-13(17(19)20)9-14(21-15)11(2)18/h4-9,11,18H,3,10H2,1-2H3/t11-/m0/s1. The SMILES string of the molecule is CCN(Cc1ccccc1)c1sc([C@H](C)O)cc1[N+](=O)[O-]. The van der Waals surface area contributed by atoms with Gasteiger partial charge in [0, 0.05) is 24.0 Å². The topological polar surface area (TPSA) is 66.6 Å². The summed E-state index contributed by atoms with van der Waals surface area (Å²) in [5.74, 6) is 0. The molecule has 112 valence electrons. The highest BCUT2D eigenvalue weighted by Gasteiger charge is 2.24. The number of anilines is 1. The smallest absolute Gasteiger partial charge is 0.304 e. The molecule has 0 fully saturated rings. The van der Waals surface area contributed by atoms with E-state index >= 15 is 0 Å². The van der Waals surface area contributed by atoms with Gasteiger partial charge in [-0.3, -0.25) is 10.1 Å². The van der Waals surface area contributed by atoms with Crippen molar-refractivity contribution in [2.75, 3.05) is 11.4 Å². The van der Waals surface area contributed by atoms with E-state index in [4.69, 9.17) is 0 Å². The molecule has 2 aromatic rings. The van der Waals surface area contributed by atoms with Crippen LogP contribution in [0.3, 0.4) is 0 Å². The lowest BCUT2D eigenvalue weighted by Gasteiger charge is -2.20. The van der Waals surface area contributed by atoms with E-state index in [1.54, 1.807) is 6.92 Å². The Morgan fingerprint density at radius 2 is 2.05 bits per heavy atom. The maximum Gasteiger partial charge on any atom is 0.304 e. The monoisotopic (exact) mass is 306 g/mol. The number of hydrogen-bond donors (Lipinski definition) is 1. The Labute approximate surface area is 127 Å². The molecule has 0 saturated carbocycles. The van der Waals surface area contributed by atoms with Crippen LogP contribution in [0.25, 0.3) is 0 Å². The summed E-state index contributed by atoms with van der Waals surface area (Å²) in [6.45, 7) is 4.86. The van der Waals surface area contributed by atoms with Crippen LogP contribution in [0.15, 0.2) is 36.4 Å². The van der Waals surface area contributed by atoms with E-state index in [1.165, 1.54) is 17.4 Å². The van der Waals surface area contributed by atoms with E-state index in [0.717, 1.165) is 5.56 Å². The normalized spacial score (nSPS) is 12.1. The molecule has 0 aliphatic heterocycles. The molecular weight excluding hydrogens is 288 g/mol. The number of aliphatic hydroxyl groups is 1. The minimum atomic E-state index is -0.696. The van der Waals surface area contributed by atoms with Crippen molar-refractivity contribution in [1.82, 2.24) is 0 Å². The van der Waals surface area contributed by atoms with E-state index in [1.807, 2.05) is 42.2 Å². The summed E-state index contributed by atoms with van der Waals surface area (Å²) in [6.07, 6.45) is -0.696. The van der Waals surface area contributed by atoms with Gasteiger partial charge in [-0.25, -0.2) is 0 Å². The minimum Gasteiger partial charge on any atom is -0.388 e. The molecule has 0 amide bonds. The van der Waals surface area contributed by atoms with Crippen molar-refractivity contribution in [2.45, 2.75) is 26.5 Å². The van der Waals surface area contributed by atoms with Gasteiger partial charge >= 0.3 is 5.69 Å². The molecule has 1 aromatic carbocycles. The molecule has 0 aliphatic rings. The molecule has 0 spiro atoms. The van der Waals surface area contributed by atoms with Gasteiger partial charge in [-0.05, 0) is 19.4 Å². The summed E-state index contributed by atoms with van der Waals surface area (Å²) in [5.41, 5.74) is 1.16. The van der Waals surface area contributed by atoms with Crippen LogP contribution in [0, 0.1) is 10.1 Å². The number of nitrogens with zero attached hydrogens (tertiary/aromatic N) is 2. The van der Waals surface area contributed by atoms with Crippen LogP contribution in [0.5, 0.6) is 0 Å². The summed E-state index contributed by atoms with van der Waals surface area (Å²) in [5, 5.41) is 21.5. The molecule has 1 heterocycles. The minimum absolute atomic E-state index is 0.0636. The molecule has 0 saturated heterocycles.